The molecule has 1 heterocycles. The van der Waals surface area contributed by atoms with E-state index in [1.165, 1.54) is 5.70 Å². The van der Waals surface area contributed by atoms with E-state index < -0.39 is 0 Å². The summed E-state index contributed by atoms with van der Waals surface area (Å²) in [6.07, 6.45) is 3.82. The molecule has 0 saturated carbocycles. The Balaban J connectivity index is 2.92. The largest absolute Gasteiger partial charge is 0.376 e. The molecule has 0 aromatic rings. The van der Waals surface area contributed by atoms with Crippen molar-refractivity contribution in [1.29, 1.82) is 0 Å². The molecule has 104 valence electrons. The first-order valence-electron chi connectivity index (χ1n) is 7.00. The van der Waals surface area contributed by atoms with Crippen molar-refractivity contribution in [2.45, 2.75) is 53.1 Å². The van der Waals surface area contributed by atoms with Gasteiger partial charge >= 0.3 is 0 Å². The van der Waals surface area contributed by atoms with Crippen molar-refractivity contribution in [1.82, 2.24) is 4.90 Å². The predicted octanol–water partition coefficient (Wildman–Crippen LogP) is 3.01. The average Bonchev–Trinajstić information content (AvgIpc) is 2.27. The summed E-state index contributed by atoms with van der Waals surface area (Å²) in [6.45, 7) is 12.9. The highest BCUT2D eigenvalue weighted by molar-refractivity contribution is 5.87. The molecule has 1 aliphatic heterocycles. The minimum atomic E-state index is -0.0774. The summed E-state index contributed by atoms with van der Waals surface area (Å²) in [5, 5.41) is 0. The molecule has 0 radical (unpaired) electrons. The smallest absolute Gasteiger partial charge is 0.154 e. The van der Waals surface area contributed by atoms with Crippen molar-refractivity contribution < 1.29 is 9.53 Å². The molecule has 0 aromatic carbocycles. The third-order valence-corrected chi connectivity index (χ3v) is 3.60. The van der Waals surface area contributed by atoms with E-state index in [1.807, 2.05) is 6.08 Å². The van der Waals surface area contributed by atoms with Crippen molar-refractivity contribution in [2.75, 3.05) is 19.7 Å². The highest BCUT2D eigenvalue weighted by atomic mass is 16.5. The lowest BCUT2D eigenvalue weighted by molar-refractivity contribution is -0.113. The third kappa shape index (κ3) is 4.13. The van der Waals surface area contributed by atoms with Crippen LogP contribution in [-0.4, -0.2) is 36.0 Å². The Morgan fingerprint density at radius 1 is 1.39 bits per heavy atom. The number of carbonyl (C=O) groups excluding carboxylic acids is 1. The van der Waals surface area contributed by atoms with Gasteiger partial charge in [0.15, 0.2) is 5.78 Å². The lowest BCUT2D eigenvalue weighted by Crippen LogP contribution is -2.38. The van der Waals surface area contributed by atoms with Crippen LogP contribution in [0.15, 0.2) is 11.8 Å². The van der Waals surface area contributed by atoms with Gasteiger partial charge in [-0.05, 0) is 47.5 Å². The first kappa shape index (κ1) is 15.2. The number of nitrogens with zero attached hydrogens (tertiary/aromatic N) is 1. The second-order valence-electron chi connectivity index (χ2n) is 5.65. The Morgan fingerprint density at radius 3 is 2.44 bits per heavy atom. The molecule has 18 heavy (non-hydrogen) atoms. The number of carbonyl (C=O) groups is 1. The fourth-order valence-electron chi connectivity index (χ4n) is 2.75. The summed E-state index contributed by atoms with van der Waals surface area (Å²) < 4.78 is 5.77. The monoisotopic (exact) mass is 253 g/mol. The molecule has 0 amide bonds. The highest BCUT2D eigenvalue weighted by Crippen LogP contribution is 2.34. The number of hydrogen-bond acceptors (Lipinski definition) is 3. The Hall–Kier alpha value is -0.830. The van der Waals surface area contributed by atoms with Crippen molar-refractivity contribution in [3.63, 3.8) is 0 Å². The molecular formula is C15H27NO2. The van der Waals surface area contributed by atoms with E-state index >= 15 is 0 Å². The van der Waals surface area contributed by atoms with Gasteiger partial charge in [-0.1, -0.05) is 0 Å². The Bertz CT molecular complexity index is 316. The van der Waals surface area contributed by atoms with Crippen LogP contribution in [0.1, 0.15) is 47.5 Å². The van der Waals surface area contributed by atoms with Crippen LogP contribution in [-0.2, 0) is 9.53 Å². The number of ketones is 1. The lowest BCUT2D eigenvalue weighted by atomic mass is 9.85. The van der Waals surface area contributed by atoms with Gasteiger partial charge in [0.05, 0.1) is 5.60 Å². The van der Waals surface area contributed by atoms with Crippen molar-refractivity contribution >= 4 is 5.78 Å². The summed E-state index contributed by atoms with van der Waals surface area (Å²) in [5.41, 5.74) is 1.12. The van der Waals surface area contributed by atoms with Gasteiger partial charge < -0.3 is 9.64 Å². The maximum atomic E-state index is 11.5. The molecular weight excluding hydrogens is 226 g/mol. The second-order valence-corrected chi connectivity index (χ2v) is 5.65. The second kappa shape index (κ2) is 6.37. The maximum absolute atomic E-state index is 11.5. The van der Waals surface area contributed by atoms with E-state index in [1.54, 1.807) is 6.92 Å². The van der Waals surface area contributed by atoms with Gasteiger partial charge in [-0.2, -0.15) is 0 Å². The van der Waals surface area contributed by atoms with Crippen LogP contribution in [0.5, 0.6) is 0 Å². The fraction of sp³-hybridized carbons (Fsp3) is 0.800. The summed E-state index contributed by atoms with van der Waals surface area (Å²) in [5.74, 6) is 0.582. The molecule has 1 atom stereocenters. The molecule has 3 heteroatoms. The molecule has 0 aliphatic carbocycles. The molecule has 0 bridgehead atoms. The number of rotatable bonds is 5. The van der Waals surface area contributed by atoms with Crippen LogP contribution in [0, 0.1) is 5.92 Å². The predicted molar refractivity (Wildman–Crippen MR) is 74.4 cm³/mol. The van der Waals surface area contributed by atoms with Gasteiger partial charge in [-0.25, -0.2) is 0 Å². The van der Waals surface area contributed by atoms with Gasteiger partial charge in [-0.3, -0.25) is 4.79 Å². The Kier molecular flexibility index (Phi) is 5.39. The van der Waals surface area contributed by atoms with Crippen molar-refractivity contribution in [2.24, 2.45) is 5.92 Å². The third-order valence-electron chi connectivity index (χ3n) is 3.60. The van der Waals surface area contributed by atoms with Gasteiger partial charge in [0.1, 0.15) is 0 Å². The highest BCUT2D eigenvalue weighted by Gasteiger charge is 2.32. The summed E-state index contributed by atoms with van der Waals surface area (Å²) in [7, 11) is 0. The Morgan fingerprint density at radius 2 is 2.00 bits per heavy atom. The van der Waals surface area contributed by atoms with Crippen LogP contribution in [0.4, 0.5) is 0 Å². The van der Waals surface area contributed by atoms with E-state index in [0.29, 0.717) is 5.92 Å². The van der Waals surface area contributed by atoms with Crippen LogP contribution >= 0.6 is 0 Å². The average molecular weight is 253 g/mol. The summed E-state index contributed by atoms with van der Waals surface area (Å²) >= 11 is 0. The molecule has 0 aromatic heterocycles. The maximum Gasteiger partial charge on any atom is 0.154 e. The van der Waals surface area contributed by atoms with Gasteiger partial charge in [-0.15, -0.1) is 0 Å². The van der Waals surface area contributed by atoms with E-state index in [2.05, 4.69) is 32.6 Å². The number of ether oxygens (including phenoxy) is 1. The topological polar surface area (TPSA) is 29.5 Å². The number of allylic oxidation sites excluding steroid dienone is 2. The van der Waals surface area contributed by atoms with Gasteiger partial charge in [0.2, 0.25) is 0 Å². The standard InChI is InChI=1S/C15H27NO2/c1-6-16(7-2)14(10-12(3)17)13-8-9-18-15(4,5)11-13/h10,13H,6-9,11H2,1-5H3. The van der Waals surface area contributed by atoms with E-state index in [4.69, 9.17) is 4.74 Å². The molecule has 1 rings (SSSR count). The van der Waals surface area contributed by atoms with Gasteiger partial charge in [0, 0.05) is 37.4 Å². The molecule has 1 saturated heterocycles. The molecule has 0 spiro atoms. The molecule has 0 N–H and O–H groups in total. The van der Waals surface area contributed by atoms with E-state index in [-0.39, 0.29) is 11.4 Å². The zero-order valence-electron chi connectivity index (χ0n) is 12.5. The normalized spacial score (nSPS) is 23.8. The van der Waals surface area contributed by atoms with Crippen molar-refractivity contribution in [3.05, 3.63) is 11.8 Å². The van der Waals surface area contributed by atoms with E-state index in [0.717, 1.165) is 32.5 Å². The lowest BCUT2D eigenvalue weighted by Gasteiger charge is -2.39. The first-order valence-corrected chi connectivity index (χ1v) is 7.00. The fourth-order valence-corrected chi connectivity index (χ4v) is 2.75. The van der Waals surface area contributed by atoms with Crippen molar-refractivity contribution in [3.8, 4) is 0 Å². The zero-order valence-corrected chi connectivity index (χ0v) is 12.5. The molecule has 1 aliphatic rings. The summed E-state index contributed by atoms with van der Waals surface area (Å²) in [6, 6.07) is 0. The minimum absolute atomic E-state index is 0.0774. The minimum Gasteiger partial charge on any atom is -0.376 e. The van der Waals surface area contributed by atoms with Crippen LogP contribution < -0.4 is 0 Å². The summed E-state index contributed by atoms with van der Waals surface area (Å²) in [4.78, 5) is 13.8. The van der Waals surface area contributed by atoms with Gasteiger partial charge in [0.25, 0.3) is 0 Å². The van der Waals surface area contributed by atoms with Crippen LogP contribution in [0.3, 0.4) is 0 Å². The Labute approximate surface area is 111 Å². The molecule has 1 fully saturated rings. The first-order chi connectivity index (χ1) is 8.39. The SMILES string of the molecule is CCN(CC)C(=CC(C)=O)C1CCOC(C)(C)C1. The van der Waals surface area contributed by atoms with E-state index in [9.17, 15) is 4.79 Å². The zero-order chi connectivity index (χ0) is 13.8. The quantitative estimate of drug-likeness (QED) is 0.705. The van der Waals surface area contributed by atoms with Crippen LogP contribution in [0.2, 0.25) is 0 Å². The molecule has 1 unspecified atom stereocenters. The molecule has 3 nitrogen and oxygen atoms in total. The number of hydrogen-bond donors (Lipinski definition) is 0. The van der Waals surface area contributed by atoms with Crippen LogP contribution in [0.25, 0.3) is 0 Å².